The minimum atomic E-state index is -0.673. The number of fused-ring (bicyclic) bond motifs is 3. The molecule has 1 N–H and O–H groups in total. The van der Waals surface area contributed by atoms with Crippen LogP contribution in [0.3, 0.4) is 0 Å². The number of carbonyl (C=O) groups is 1. The van der Waals surface area contributed by atoms with Crippen molar-refractivity contribution >= 4 is 5.97 Å². The van der Waals surface area contributed by atoms with Crippen LogP contribution in [0.1, 0.15) is 53.0 Å². The Morgan fingerprint density at radius 1 is 1.14 bits per heavy atom. The molecule has 2 aromatic carbocycles. The summed E-state index contributed by atoms with van der Waals surface area (Å²) >= 11 is 0. The number of cyclic esters (lactones) is 1. The number of aliphatic hydroxyl groups excluding tert-OH is 1. The van der Waals surface area contributed by atoms with E-state index in [4.69, 9.17) is 28.4 Å². The topological polar surface area (TPSA) is 95.9 Å². The number of esters is 1. The molecule has 2 aromatic rings. The first-order chi connectivity index (χ1) is 17.9. The number of rotatable bonds is 6. The molecule has 0 bridgehead atoms. The molecule has 37 heavy (non-hydrogen) atoms. The molecule has 0 saturated carbocycles. The van der Waals surface area contributed by atoms with Crippen molar-refractivity contribution < 1.29 is 38.3 Å². The normalized spacial score (nSPS) is 20.5. The largest absolute Gasteiger partial charge is 0.493 e. The van der Waals surface area contributed by atoms with Crippen LogP contribution in [0, 0.1) is 17.8 Å². The molecule has 9 nitrogen and oxygen atoms in total. The maximum absolute atomic E-state index is 13.3. The molecule has 0 spiro atoms. The Hall–Kier alpha value is -3.61. The molecule has 1 unspecified atom stereocenters. The van der Waals surface area contributed by atoms with Gasteiger partial charge < -0.3 is 33.5 Å². The predicted molar refractivity (Wildman–Crippen MR) is 133 cm³/mol. The fourth-order valence-electron chi connectivity index (χ4n) is 5.65. The summed E-state index contributed by atoms with van der Waals surface area (Å²) in [4.78, 5) is 15.5. The molecule has 0 aliphatic carbocycles. The lowest BCUT2D eigenvalue weighted by molar-refractivity contribution is -0.00811. The fourth-order valence-corrected chi connectivity index (χ4v) is 5.65. The quantitative estimate of drug-likeness (QED) is 0.465. The van der Waals surface area contributed by atoms with E-state index < -0.39 is 18.1 Å². The molecule has 0 fully saturated rings. The predicted octanol–water partition coefficient (Wildman–Crippen LogP) is 3.27. The second-order valence-electron chi connectivity index (χ2n) is 9.41. The van der Waals surface area contributed by atoms with E-state index in [0.29, 0.717) is 52.8 Å². The Morgan fingerprint density at radius 3 is 2.59 bits per heavy atom. The van der Waals surface area contributed by atoms with Crippen LogP contribution in [0.15, 0.2) is 18.2 Å². The van der Waals surface area contributed by atoms with Crippen LogP contribution in [0.25, 0.3) is 0 Å². The minimum absolute atomic E-state index is 0.109. The summed E-state index contributed by atoms with van der Waals surface area (Å²) in [5.74, 6) is 8.24. The van der Waals surface area contributed by atoms with Gasteiger partial charge in [-0.05, 0) is 30.0 Å². The molecule has 9 heteroatoms. The zero-order valence-corrected chi connectivity index (χ0v) is 21.6. The van der Waals surface area contributed by atoms with E-state index in [2.05, 4.69) is 30.6 Å². The average Bonchev–Trinajstić information content (AvgIpc) is 3.50. The van der Waals surface area contributed by atoms with E-state index in [-0.39, 0.29) is 25.4 Å². The molecule has 3 aliphatic heterocycles. The lowest BCUT2D eigenvalue weighted by Crippen LogP contribution is -2.47. The van der Waals surface area contributed by atoms with Gasteiger partial charge in [-0.25, -0.2) is 4.79 Å². The summed E-state index contributed by atoms with van der Waals surface area (Å²) < 4.78 is 34.5. The van der Waals surface area contributed by atoms with E-state index >= 15 is 0 Å². The van der Waals surface area contributed by atoms with Gasteiger partial charge in [0.25, 0.3) is 0 Å². The van der Waals surface area contributed by atoms with Gasteiger partial charge in [0, 0.05) is 17.7 Å². The average molecular weight is 510 g/mol. The highest BCUT2D eigenvalue weighted by Crippen LogP contribution is 2.56. The first kappa shape index (κ1) is 25.1. The highest BCUT2D eigenvalue weighted by molar-refractivity contribution is 5.98. The molecular formula is C28H31NO8. The molecule has 0 amide bonds. The highest BCUT2D eigenvalue weighted by atomic mass is 16.7. The van der Waals surface area contributed by atoms with Crippen LogP contribution in [-0.2, 0) is 11.2 Å². The zero-order valence-electron chi connectivity index (χ0n) is 21.6. The molecular weight excluding hydrogens is 478 g/mol. The summed E-state index contributed by atoms with van der Waals surface area (Å²) in [6.45, 7) is 4.70. The van der Waals surface area contributed by atoms with Crippen molar-refractivity contribution in [3.8, 4) is 40.6 Å². The van der Waals surface area contributed by atoms with Crippen molar-refractivity contribution in [1.29, 1.82) is 0 Å². The van der Waals surface area contributed by atoms with Gasteiger partial charge in [-0.15, -0.1) is 0 Å². The van der Waals surface area contributed by atoms with E-state index in [1.165, 1.54) is 14.2 Å². The third-order valence-electron chi connectivity index (χ3n) is 7.17. The number of hydrogen-bond acceptors (Lipinski definition) is 9. The second kappa shape index (κ2) is 10.0. The maximum atomic E-state index is 13.3. The maximum Gasteiger partial charge on any atom is 0.343 e. The van der Waals surface area contributed by atoms with Crippen molar-refractivity contribution in [1.82, 2.24) is 4.90 Å². The number of nitrogens with zero attached hydrogens (tertiary/aromatic N) is 1. The van der Waals surface area contributed by atoms with Crippen LogP contribution in [0.5, 0.6) is 28.7 Å². The van der Waals surface area contributed by atoms with Gasteiger partial charge in [-0.1, -0.05) is 31.8 Å². The van der Waals surface area contributed by atoms with Gasteiger partial charge in [0.05, 0.1) is 33.4 Å². The molecule has 0 radical (unpaired) electrons. The fraction of sp³-hybridized carbons (Fsp3) is 0.464. The SMILES string of the molecule is COc1ccc2c(c1OC)C(=O)O[C@H]2[C@@H]1c2c(cc3c(c2OC)OCO3)CCN1C(C#CCO)C(C)C. The Labute approximate surface area is 216 Å². The van der Waals surface area contributed by atoms with E-state index in [0.717, 1.165) is 11.1 Å². The Morgan fingerprint density at radius 2 is 1.92 bits per heavy atom. The summed E-state index contributed by atoms with van der Waals surface area (Å²) in [7, 11) is 4.63. The van der Waals surface area contributed by atoms with Gasteiger partial charge in [-0.2, -0.15) is 0 Å². The molecule has 3 aliphatic rings. The van der Waals surface area contributed by atoms with Crippen molar-refractivity contribution in [2.45, 2.75) is 38.5 Å². The van der Waals surface area contributed by atoms with E-state index in [1.54, 1.807) is 13.2 Å². The standard InChI is InChI=1S/C28H31NO8/c1-15(2)18(7-6-12-30)29-11-10-16-13-20-26(36-14-35-20)27(34-5)21(16)23(29)24-17-8-9-19(32-3)25(33-4)22(17)28(31)37-24/h8-9,13,15,18,23-24,30H,10-12,14H2,1-5H3/t18?,23-,24+/m0/s1. The zero-order chi connectivity index (χ0) is 26.3. The van der Waals surface area contributed by atoms with Crippen LogP contribution in [0.2, 0.25) is 0 Å². The lowest BCUT2D eigenvalue weighted by Gasteiger charge is -2.44. The number of hydrogen-bond donors (Lipinski definition) is 1. The summed E-state index contributed by atoms with van der Waals surface area (Å²) in [5, 5.41) is 9.45. The first-order valence-corrected chi connectivity index (χ1v) is 12.2. The van der Waals surface area contributed by atoms with Crippen molar-refractivity contribution in [2.75, 3.05) is 41.3 Å². The van der Waals surface area contributed by atoms with Crippen molar-refractivity contribution in [2.24, 2.45) is 5.92 Å². The number of carbonyl (C=O) groups excluding carboxylic acids is 1. The highest BCUT2D eigenvalue weighted by Gasteiger charge is 2.48. The van der Waals surface area contributed by atoms with Crippen LogP contribution in [0.4, 0.5) is 0 Å². The smallest absolute Gasteiger partial charge is 0.343 e. The van der Waals surface area contributed by atoms with E-state index in [9.17, 15) is 9.90 Å². The Kier molecular flexibility index (Phi) is 6.80. The number of aliphatic hydroxyl groups is 1. The van der Waals surface area contributed by atoms with Crippen molar-refractivity contribution in [3.63, 3.8) is 0 Å². The van der Waals surface area contributed by atoms with Gasteiger partial charge in [-0.3, -0.25) is 4.90 Å². The van der Waals surface area contributed by atoms with Crippen molar-refractivity contribution in [3.05, 3.63) is 40.5 Å². The van der Waals surface area contributed by atoms with Crippen LogP contribution >= 0.6 is 0 Å². The summed E-state index contributed by atoms with van der Waals surface area (Å²) in [6, 6.07) is 4.95. The monoisotopic (exact) mass is 509 g/mol. The van der Waals surface area contributed by atoms with Gasteiger partial charge in [0.1, 0.15) is 18.3 Å². The third-order valence-corrected chi connectivity index (χ3v) is 7.17. The number of ether oxygens (including phenoxy) is 6. The van der Waals surface area contributed by atoms with Gasteiger partial charge >= 0.3 is 5.97 Å². The number of methoxy groups -OCH3 is 3. The number of benzene rings is 2. The summed E-state index contributed by atoms with van der Waals surface area (Å²) in [5.41, 5.74) is 2.95. The van der Waals surface area contributed by atoms with Crippen LogP contribution in [-0.4, -0.2) is 63.3 Å². The van der Waals surface area contributed by atoms with Crippen LogP contribution < -0.4 is 23.7 Å². The molecule has 3 atom stereocenters. The molecule has 196 valence electrons. The summed E-state index contributed by atoms with van der Waals surface area (Å²) in [6.07, 6.45) is 0.0373. The molecule has 3 heterocycles. The Bertz CT molecular complexity index is 1280. The van der Waals surface area contributed by atoms with E-state index in [1.807, 2.05) is 12.1 Å². The third kappa shape index (κ3) is 4.01. The second-order valence-corrected chi connectivity index (χ2v) is 9.41. The lowest BCUT2D eigenvalue weighted by atomic mass is 9.83. The molecule has 0 saturated heterocycles. The minimum Gasteiger partial charge on any atom is -0.493 e. The van der Waals surface area contributed by atoms with Gasteiger partial charge in [0.2, 0.25) is 12.5 Å². The molecule has 5 rings (SSSR count). The Balaban J connectivity index is 1.74. The van der Waals surface area contributed by atoms with Gasteiger partial charge in [0.15, 0.2) is 23.0 Å². The molecule has 0 aromatic heterocycles. The first-order valence-electron chi connectivity index (χ1n) is 12.2.